The van der Waals surface area contributed by atoms with E-state index in [-0.39, 0.29) is 24.3 Å². The maximum absolute atomic E-state index is 13.9. The number of rotatable bonds is 7. The number of nitrogens with zero attached hydrogens (tertiary/aromatic N) is 1. The number of nitrogens with one attached hydrogen (secondary N) is 2. The Labute approximate surface area is 179 Å². The second kappa shape index (κ2) is 9.30. The Morgan fingerprint density at radius 3 is 2.58 bits per heavy atom. The molecule has 0 radical (unpaired) electrons. The lowest BCUT2D eigenvalue weighted by atomic mass is 10.1. The third kappa shape index (κ3) is 4.83. The molecule has 0 spiro atoms. The highest BCUT2D eigenvalue weighted by molar-refractivity contribution is 5.98. The first-order chi connectivity index (χ1) is 15.1. The SMILES string of the molecule is O=C(NC(COc1ccccc1F)c1ccccc1)c1cccc(N2CCNC2=O)c1. The highest BCUT2D eigenvalue weighted by Crippen LogP contribution is 2.21. The van der Waals surface area contributed by atoms with Gasteiger partial charge in [-0.25, -0.2) is 9.18 Å². The summed E-state index contributed by atoms with van der Waals surface area (Å²) in [6.45, 7) is 1.18. The first-order valence-corrected chi connectivity index (χ1v) is 10.0. The van der Waals surface area contributed by atoms with Crippen LogP contribution < -0.4 is 20.3 Å². The summed E-state index contributed by atoms with van der Waals surface area (Å²) in [6, 6.07) is 21.7. The van der Waals surface area contributed by atoms with E-state index >= 15 is 0 Å². The molecule has 2 N–H and O–H groups in total. The zero-order valence-electron chi connectivity index (χ0n) is 16.8. The van der Waals surface area contributed by atoms with Crippen molar-refractivity contribution in [2.45, 2.75) is 6.04 Å². The summed E-state index contributed by atoms with van der Waals surface area (Å²) >= 11 is 0. The van der Waals surface area contributed by atoms with Gasteiger partial charge in [-0.3, -0.25) is 9.69 Å². The smallest absolute Gasteiger partial charge is 0.321 e. The van der Waals surface area contributed by atoms with Crippen LogP contribution in [0.5, 0.6) is 5.75 Å². The first-order valence-electron chi connectivity index (χ1n) is 10.0. The number of carbonyl (C=O) groups excluding carboxylic acids is 2. The van der Waals surface area contributed by atoms with Crippen LogP contribution in [0.4, 0.5) is 14.9 Å². The lowest BCUT2D eigenvalue weighted by Crippen LogP contribution is -2.33. The molecule has 1 saturated heterocycles. The summed E-state index contributed by atoms with van der Waals surface area (Å²) < 4.78 is 19.6. The number of amides is 3. The van der Waals surface area contributed by atoms with Gasteiger partial charge in [0, 0.05) is 24.3 Å². The van der Waals surface area contributed by atoms with Gasteiger partial charge < -0.3 is 15.4 Å². The molecule has 7 heteroatoms. The molecule has 0 saturated carbocycles. The Balaban J connectivity index is 1.52. The fraction of sp³-hybridized carbons (Fsp3) is 0.167. The van der Waals surface area contributed by atoms with E-state index in [1.807, 2.05) is 30.3 Å². The maximum atomic E-state index is 13.9. The van der Waals surface area contributed by atoms with E-state index in [2.05, 4.69) is 10.6 Å². The van der Waals surface area contributed by atoms with Crippen LogP contribution in [0.25, 0.3) is 0 Å². The van der Waals surface area contributed by atoms with Crippen LogP contribution in [0.15, 0.2) is 78.9 Å². The molecule has 1 aliphatic heterocycles. The third-order valence-electron chi connectivity index (χ3n) is 5.03. The highest BCUT2D eigenvalue weighted by Gasteiger charge is 2.23. The normalized spacial score (nSPS) is 14.1. The van der Waals surface area contributed by atoms with Gasteiger partial charge in [0.1, 0.15) is 6.61 Å². The van der Waals surface area contributed by atoms with Gasteiger partial charge in [-0.2, -0.15) is 0 Å². The van der Waals surface area contributed by atoms with Gasteiger partial charge in [0.25, 0.3) is 5.91 Å². The summed E-state index contributed by atoms with van der Waals surface area (Å²) in [5, 5.41) is 5.71. The number of urea groups is 1. The molecule has 31 heavy (non-hydrogen) atoms. The van der Waals surface area contributed by atoms with E-state index in [9.17, 15) is 14.0 Å². The number of benzene rings is 3. The fourth-order valence-electron chi connectivity index (χ4n) is 3.42. The van der Waals surface area contributed by atoms with Gasteiger partial charge in [-0.15, -0.1) is 0 Å². The summed E-state index contributed by atoms with van der Waals surface area (Å²) in [5.74, 6) is -0.649. The van der Waals surface area contributed by atoms with Gasteiger partial charge in [-0.05, 0) is 35.9 Å². The van der Waals surface area contributed by atoms with Crippen molar-refractivity contribution in [3.63, 3.8) is 0 Å². The number of carbonyl (C=O) groups is 2. The van der Waals surface area contributed by atoms with Gasteiger partial charge in [-0.1, -0.05) is 48.5 Å². The molecule has 3 aromatic carbocycles. The van der Waals surface area contributed by atoms with Crippen molar-refractivity contribution < 1.29 is 18.7 Å². The summed E-state index contributed by atoms with van der Waals surface area (Å²) in [4.78, 5) is 26.5. The molecule has 1 aliphatic rings. The van der Waals surface area contributed by atoms with E-state index in [1.165, 1.54) is 6.07 Å². The molecule has 0 bridgehead atoms. The average Bonchev–Trinajstić information content (AvgIpc) is 3.24. The van der Waals surface area contributed by atoms with Crippen molar-refractivity contribution in [1.82, 2.24) is 10.6 Å². The minimum absolute atomic E-state index is 0.0604. The van der Waals surface area contributed by atoms with Gasteiger partial charge in [0.15, 0.2) is 11.6 Å². The molecular formula is C24H22FN3O3. The van der Waals surface area contributed by atoms with Crippen LogP contribution in [-0.2, 0) is 0 Å². The molecule has 0 aromatic heterocycles. The number of para-hydroxylation sites is 1. The highest BCUT2D eigenvalue weighted by atomic mass is 19.1. The van der Waals surface area contributed by atoms with Crippen molar-refractivity contribution in [2.75, 3.05) is 24.6 Å². The standard InChI is InChI=1S/C24H22FN3O3/c25-20-11-4-5-12-22(20)31-16-21(17-7-2-1-3-8-17)27-23(29)18-9-6-10-19(15-18)28-14-13-26-24(28)30/h1-12,15,21H,13-14,16H2,(H,26,30)(H,27,29). The number of ether oxygens (including phenoxy) is 1. The van der Waals surface area contributed by atoms with Gasteiger partial charge >= 0.3 is 6.03 Å². The minimum atomic E-state index is -0.493. The van der Waals surface area contributed by atoms with E-state index in [4.69, 9.17) is 4.74 Å². The Hall–Kier alpha value is -3.87. The zero-order valence-corrected chi connectivity index (χ0v) is 16.8. The Bertz CT molecular complexity index is 1070. The third-order valence-corrected chi connectivity index (χ3v) is 5.03. The molecule has 158 valence electrons. The summed E-state index contributed by atoms with van der Waals surface area (Å²) in [6.07, 6.45) is 0. The topological polar surface area (TPSA) is 70.7 Å². The monoisotopic (exact) mass is 419 g/mol. The van der Waals surface area contributed by atoms with Gasteiger partial charge in [0.2, 0.25) is 0 Å². The lowest BCUT2D eigenvalue weighted by Gasteiger charge is -2.21. The van der Waals surface area contributed by atoms with Crippen molar-refractivity contribution in [3.05, 3.63) is 95.8 Å². The molecule has 1 atom stereocenters. The van der Waals surface area contributed by atoms with E-state index in [1.54, 1.807) is 47.4 Å². The molecule has 6 nitrogen and oxygen atoms in total. The molecule has 3 amide bonds. The van der Waals surface area contributed by atoms with Crippen LogP contribution in [0, 0.1) is 5.82 Å². The summed E-state index contributed by atoms with van der Waals surface area (Å²) in [7, 11) is 0. The maximum Gasteiger partial charge on any atom is 0.321 e. The lowest BCUT2D eigenvalue weighted by molar-refractivity contribution is 0.0920. The van der Waals surface area contributed by atoms with Crippen LogP contribution in [0.3, 0.4) is 0 Å². The molecule has 1 unspecified atom stereocenters. The fourth-order valence-corrected chi connectivity index (χ4v) is 3.42. The largest absolute Gasteiger partial charge is 0.488 e. The van der Waals surface area contributed by atoms with Crippen molar-refractivity contribution in [3.8, 4) is 5.75 Å². The van der Waals surface area contributed by atoms with Gasteiger partial charge in [0.05, 0.1) is 6.04 Å². The zero-order chi connectivity index (χ0) is 21.6. The van der Waals surface area contributed by atoms with E-state index < -0.39 is 11.9 Å². The van der Waals surface area contributed by atoms with Crippen molar-refractivity contribution in [1.29, 1.82) is 0 Å². The molecule has 3 aromatic rings. The van der Waals surface area contributed by atoms with Crippen LogP contribution in [0.1, 0.15) is 22.0 Å². The molecule has 1 fully saturated rings. The van der Waals surface area contributed by atoms with E-state index in [0.29, 0.717) is 24.3 Å². The average molecular weight is 419 g/mol. The van der Waals surface area contributed by atoms with Crippen LogP contribution in [-0.4, -0.2) is 31.6 Å². The first kappa shape index (κ1) is 20.4. The predicted molar refractivity (Wildman–Crippen MR) is 116 cm³/mol. The molecular weight excluding hydrogens is 397 g/mol. The quantitative estimate of drug-likeness (QED) is 0.610. The number of halogens is 1. The minimum Gasteiger partial charge on any atom is -0.488 e. The number of anilines is 1. The Kier molecular flexibility index (Phi) is 6.12. The van der Waals surface area contributed by atoms with Crippen LogP contribution in [0.2, 0.25) is 0 Å². The Morgan fingerprint density at radius 2 is 1.84 bits per heavy atom. The second-order valence-corrected chi connectivity index (χ2v) is 7.11. The van der Waals surface area contributed by atoms with Crippen molar-refractivity contribution in [2.24, 2.45) is 0 Å². The Morgan fingerprint density at radius 1 is 1.06 bits per heavy atom. The number of hydrogen-bond acceptors (Lipinski definition) is 3. The predicted octanol–water partition coefficient (Wildman–Crippen LogP) is 3.91. The summed E-state index contributed by atoms with van der Waals surface area (Å²) in [5.41, 5.74) is 1.91. The van der Waals surface area contributed by atoms with Crippen molar-refractivity contribution >= 4 is 17.6 Å². The molecule has 0 aliphatic carbocycles. The van der Waals surface area contributed by atoms with Crippen LogP contribution >= 0.6 is 0 Å². The molecule has 1 heterocycles. The second-order valence-electron chi connectivity index (χ2n) is 7.11. The van der Waals surface area contributed by atoms with E-state index in [0.717, 1.165) is 5.56 Å². The number of hydrogen-bond donors (Lipinski definition) is 2. The molecule has 4 rings (SSSR count).